The monoisotopic (exact) mass is 466 g/mol. The number of rotatable bonds is 8. The van der Waals surface area contributed by atoms with Gasteiger partial charge in [0.25, 0.3) is 0 Å². The van der Waals surface area contributed by atoms with Crippen molar-refractivity contribution in [3.63, 3.8) is 0 Å². The quantitative estimate of drug-likeness (QED) is 0.550. The van der Waals surface area contributed by atoms with Crippen LogP contribution in [0.15, 0.2) is 48.5 Å². The van der Waals surface area contributed by atoms with E-state index < -0.39 is 36.0 Å². The third-order valence-electron chi connectivity index (χ3n) is 6.70. The van der Waals surface area contributed by atoms with Gasteiger partial charge < -0.3 is 25.2 Å². The van der Waals surface area contributed by atoms with Crippen LogP contribution in [0.3, 0.4) is 0 Å². The molecule has 3 atom stereocenters. The number of amides is 2. The Labute approximate surface area is 198 Å². The summed E-state index contributed by atoms with van der Waals surface area (Å²) in [6, 6.07) is 14.6. The second-order valence-electron chi connectivity index (χ2n) is 8.82. The fourth-order valence-corrected chi connectivity index (χ4v) is 5.01. The summed E-state index contributed by atoms with van der Waals surface area (Å²) < 4.78 is 10.6. The third kappa shape index (κ3) is 5.07. The van der Waals surface area contributed by atoms with Crippen LogP contribution in [0.2, 0.25) is 0 Å². The fraction of sp³-hybridized carbons (Fsp3) is 0.423. The van der Waals surface area contributed by atoms with Crippen molar-refractivity contribution in [2.24, 2.45) is 5.92 Å². The summed E-state index contributed by atoms with van der Waals surface area (Å²) in [4.78, 5) is 37.0. The molecule has 0 radical (unpaired) electrons. The minimum atomic E-state index is -0.989. The van der Waals surface area contributed by atoms with Crippen molar-refractivity contribution < 1.29 is 29.0 Å². The largest absolute Gasteiger partial charge is 0.481 e. The molecule has 0 bridgehead atoms. The maximum atomic E-state index is 12.8. The molecule has 8 nitrogen and oxygen atoms in total. The summed E-state index contributed by atoms with van der Waals surface area (Å²) in [5.74, 6) is -2.12. The first-order valence-electron chi connectivity index (χ1n) is 11.6. The van der Waals surface area contributed by atoms with E-state index in [2.05, 4.69) is 22.8 Å². The highest BCUT2D eigenvalue weighted by Gasteiger charge is 2.34. The van der Waals surface area contributed by atoms with Crippen LogP contribution in [0.4, 0.5) is 4.79 Å². The van der Waals surface area contributed by atoms with Gasteiger partial charge in [0.1, 0.15) is 12.6 Å². The van der Waals surface area contributed by atoms with Gasteiger partial charge in [-0.1, -0.05) is 61.4 Å². The molecule has 8 heteroatoms. The molecule has 0 heterocycles. The molecule has 3 N–H and O–H groups in total. The van der Waals surface area contributed by atoms with E-state index in [0.29, 0.717) is 12.8 Å². The summed E-state index contributed by atoms with van der Waals surface area (Å²) in [6.07, 6.45) is 2.06. The van der Waals surface area contributed by atoms with Gasteiger partial charge in [-0.25, -0.2) is 4.79 Å². The van der Waals surface area contributed by atoms with Crippen molar-refractivity contribution in [2.75, 3.05) is 20.3 Å². The fourth-order valence-electron chi connectivity index (χ4n) is 5.01. The van der Waals surface area contributed by atoms with E-state index in [9.17, 15) is 19.5 Å². The van der Waals surface area contributed by atoms with E-state index >= 15 is 0 Å². The van der Waals surface area contributed by atoms with Crippen LogP contribution < -0.4 is 10.6 Å². The predicted molar refractivity (Wildman–Crippen MR) is 125 cm³/mol. The van der Waals surface area contributed by atoms with Crippen LogP contribution in [-0.2, 0) is 19.1 Å². The number of carboxylic acids is 1. The lowest BCUT2D eigenvalue weighted by Crippen LogP contribution is -2.54. The summed E-state index contributed by atoms with van der Waals surface area (Å²) in [7, 11) is 1.43. The number of aliphatic carboxylic acids is 1. The van der Waals surface area contributed by atoms with Gasteiger partial charge in [-0.3, -0.25) is 9.59 Å². The molecule has 2 unspecified atom stereocenters. The van der Waals surface area contributed by atoms with E-state index in [4.69, 9.17) is 9.47 Å². The van der Waals surface area contributed by atoms with Crippen LogP contribution in [-0.4, -0.2) is 55.5 Å². The second-order valence-corrected chi connectivity index (χ2v) is 8.82. The maximum Gasteiger partial charge on any atom is 0.407 e. The number of ether oxygens (including phenoxy) is 2. The normalized spacial score (nSPS) is 20.0. The highest BCUT2D eigenvalue weighted by atomic mass is 16.5. The zero-order valence-electron chi connectivity index (χ0n) is 19.2. The number of alkyl carbamates (subject to hydrolysis) is 1. The third-order valence-corrected chi connectivity index (χ3v) is 6.70. The molecule has 4 rings (SSSR count). The molecule has 0 aromatic heterocycles. The topological polar surface area (TPSA) is 114 Å². The summed E-state index contributed by atoms with van der Waals surface area (Å²) in [5, 5.41) is 14.8. The van der Waals surface area contributed by atoms with E-state index in [1.54, 1.807) is 0 Å². The van der Waals surface area contributed by atoms with Gasteiger partial charge in [0, 0.05) is 19.1 Å². The summed E-state index contributed by atoms with van der Waals surface area (Å²) >= 11 is 0. The summed E-state index contributed by atoms with van der Waals surface area (Å²) in [5.41, 5.74) is 4.45. The Morgan fingerprint density at radius 3 is 2.24 bits per heavy atom. The molecule has 2 aromatic carbocycles. The van der Waals surface area contributed by atoms with Crippen molar-refractivity contribution in [1.82, 2.24) is 10.6 Å². The van der Waals surface area contributed by atoms with Crippen molar-refractivity contribution in [1.29, 1.82) is 0 Å². The molecule has 0 spiro atoms. The number of methoxy groups -OCH3 is 1. The predicted octanol–water partition coefficient (Wildman–Crippen LogP) is 3.30. The van der Waals surface area contributed by atoms with Gasteiger partial charge in [0.05, 0.1) is 12.5 Å². The highest BCUT2D eigenvalue weighted by molar-refractivity contribution is 5.86. The van der Waals surface area contributed by atoms with E-state index in [1.807, 2.05) is 36.4 Å². The average molecular weight is 467 g/mol. The smallest absolute Gasteiger partial charge is 0.407 e. The minimum absolute atomic E-state index is 0.0551. The van der Waals surface area contributed by atoms with Gasteiger partial charge in [0.2, 0.25) is 5.91 Å². The SMILES string of the molecule is COC[C@H](NC(=O)OCC1c2ccccc2-c2ccccc21)C(=O)NC1CCCCC1C(=O)O. The lowest BCUT2D eigenvalue weighted by molar-refractivity contribution is -0.144. The molecular weight excluding hydrogens is 436 g/mol. The molecule has 2 aliphatic carbocycles. The highest BCUT2D eigenvalue weighted by Crippen LogP contribution is 2.44. The number of nitrogens with one attached hydrogen (secondary N) is 2. The Balaban J connectivity index is 1.38. The Morgan fingerprint density at radius 1 is 1.00 bits per heavy atom. The molecule has 34 heavy (non-hydrogen) atoms. The molecular formula is C26H30N2O6. The zero-order chi connectivity index (χ0) is 24.1. The minimum Gasteiger partial charge on any atom is -0.481 e. The van der Waals surface area contributed by atoms with Crippen LogP contribution in [0.5, 0.6) is 0 Å². The number of hydrogen-bond donors (Lipinski definition) is 3. The average Bonchev–Trinajstić information content (AvgIpc) is 3.16. The molecule has 0 saturated heterocycles. The van der Waals surface area contributed by atoms with Crippen LogP contribution >= 0.6 is 0 Å². The van der Waals surface area contributed by atoms with Gasteiger partial charge in [-0.05, 0) is 35.1 Å². The Bertz CT molecular complexity index is 1010. The first-order valence-corrected chi connectivity index (χ1v) is 11.6. The van der Waals surface area contributed by atoms with E-state index in [1.165, 1.54) is 7.11 Å². The summed E-state index contributed by atoms with van der Waals surface area (Å²) in [6.45, 7) is 0.0748. The zero-order valence-corrected chi connectivity index (χ0v) is 19.2. The lowest BCUT2D eigenvalue weighted by Gasteiger charge is -2.30. The van der Waals surface area contributed by atoms with Gasteiger partial charge in [-0.15, -0.1) is 0 Å². The Hall–Kier alpha value is -3.39. The lowest BCUT2D eigenvalue weighted by atomic mass is 9.84. The molecule has 1 saturated carbocycles. The first kappa shape index (κ1) is 23.8. The molecule has 180 valence electrons. The van der Waals surface area contributed by atoms with Gasteiger partial charge in [-0.2, -0.15) is 0 Å². The van der Waals surface area contributed by atoms with Crippen LogP contribution in [0, 0.1) is 5.92 Å². The number of carbonyl (C=O) groups is 3. The molecule has 2 aromatic rings. The van der Waals surface area contributed by atoms with E-state index in [-0.39, 0.29) is 19.1 Å². The van der Waals surface area contributed by atoms with Crippen LogP contribution in [0.1, 0.15) is 42.7 Å². The van der Waals surface area contributed by atoms with Crippen molar-refractivity contribution >= 4 is 18.0 Å². The van der Waals surface area contributed by atoms with Gasteiger partial charge >= 0.3 is 12.1 Å². The number of carboxylic acid groups (broad SMARTS) is 1. The number of hydrogen-bond acceptors (Lipinski definition) is 5. The number of fused-ring (bicyclic) bond motifs is 3. The molecule has 2 amide bonds. The number of carbonyl (C=O) groups excluding carboxylic acids is 2. The van der Waals surface area contributed by atoms with E-state index in [0.717, 1.165) is 35.1 Å². The standard InChI is InChI=1S/C26H30N2O6/c1-33-15-23(24(29)27-22-13-7-6-12-20(22)25(30)31)28-26(32)34-14-21-18-10-4-2-8-16(18)17-9-3-5-11-19(17)21/h2-5,8-11,20-23H,6-7,12-15H2,1H3,(H,27,29)(H,28,32)(H,30,31)/t20?,22?,23-/m0/s1. The maximum absolute atomic E-state index is 12.8. The van der Waals surface area contributed by atoms with Crippen molar-refractivity contribution in [3.05, 3.63) is 59.7 Å². The van der Waals surface area contributed by atoms with Crippen molar-refractivity contribution in [2.45, 2.75) is 43.7 Å². The molecule has 0 aliphatic heterocycles. The Morgan fingerprint density at radius 2 is 1.62 bits per heavy atom. The van der Waals surface area contributed by atoms with Gasteiger partial charge in [0.15, 0.2) is 0 Å². The Kier molecular flexibility index (Phi) is 7.47. The molecule has 1 fully saturated rings. The van der Waals surface area contributed by atoms with Crippen molar-refractivity contribution in [3.8, 4) is 11.1 Å². The first-order chi connectivity index (χ1) is 16.5. The van der Waals surface area contributed by atoms with Crippen LogP contribution in [0.25, 0.3) is 11.1 Å². The molecule has 2 aliphatic rings. The number of benzene rings is 2. The second kappa shape index (κ2) is 10.7.